The highest BCUT2D eigenvalue weighted by molar-refractivity contribution is 6.09. The third-order valence-electron chi connectivity index (χ3n) is 5.11. The van der Waals surface area contributed by atoms with Crippen molar-refractivity contribution in [3.63, 3.8) is 0 Å². The minimum atomic E-state index is -0.488. The lowest BCUT2D eigenvalue weighted by molar-refractivity contribution is -0.138. The van der Waals surface area contributed by atoms with Crippen molar-refractivity contribution >= 4 is 11.8 Å². The van der Waals surface area contributed by atoms with Crippen LogP contribution in [-0.2, 0) is 14.3 Å². The second-order valence-corrected chi connectivity index (χ2v) is 7.23. The average molecular weight is 410 g/mol. The molecule has 3 rings (SSSR count). The molecule has 30 heavy (non-hydrogen) atoms. The first-order valence-electron chi connectivity index (χ1n) is 9.92. The number of ketones is 1. The topological polar surface area (TPSA) is 71.1 Å². The Kier molecular flexibility index (Phi) is 7.25. The van der Waals surface area contributed by atoms with E-state index in [1.54, 1.807) is 36.4 Å². The molecule has 0 bridgehead atoms. The Hall–Kier alpha value is -3.12. The Morgan fingerprint density at radius 1 is 0.967 bits per heavy atom. The lowest BCUT2D eigenvalue weighted by atomic mass is 9.84. The molecule has 0 unspecified atom stereocenters. The summed E-state index contributed by atoms with van der Waals surface area (Å²) in [6.07, 6.45) is 2.12. The second-order valence-electron chi connectivity index (χ2n) is 7.23. The van der Waals surface area contributed by atoms with E-state index in [1.807, 2.05) is 12.1 Å². The number of carbonyl (C=O) groups excluding carboxylic acids is 2. The van der Waals surface area contributed by atoms with Gasteiger partial charge in [-0.15, -0.1) is 0 Å². The zero-order valence-corrected chi connectivity index (χ0v) is 17.1. The molecule has 2 aromatic rings. The maximum Gasteiger partial charge on any atom is 0.330 e. The molecule has 2 aromatic carbocycles. The van der Waals surface area contributed by atoms with Crippen molar-refractivity contribution in [3.8, 4) is 11.5 Å². The molecule has 1 aliphatic heterocycles. The molecule has 1 fully saturated rings. The summed E-state index contributed by atoms with van der Waals surface area (Å²) in [4.78, 5) is 23.7. The normalized spacial score (nSPS) is 14.3. The quantitative estimate of drug-likeness (QED) is 0.243. The van der Waals surface area contributed by atoms with Crippen LogP contribution in [-0.4, -0.2) is 44.8 Å². The number of rotatable bonds is 11. The average Bonchev–Trinajstić information content (AvgIpc) is 2.76. The van der Waals surface area contributed by atoms with E-state index in [0.29, 0.717) is 23.5 Å². The van der Waals surface area contributed by atoms with E-state index in [-0.39, 0.29) is 24.4 Å². The molecule has 0 saturated carbocycles. The maximum absolute atomic E-state index is 12.7. The molecule has 0 atom stereocenters. The fraction of sp³-hybridized carbons (Fsp3) is 0.333. The van der Waals surface area contributed by atoms with E-state index < -0.39 is 5.97 Å². The summed E-state index contributed by atoms with van der Waals surface area (Å²) in [5, 5.41) is 0. The van der Waals surface area contributed by atoms with Crippen molar-refractivity contribution in [2.45, 2.75) is 13.3 Å². The maximum atomic E-state index is 12.7. The largest absolute Gasteiger partial charge is 0.493 e. The number of hydrogen-bond donors (Lipinski definition) is 0. The van der Waals surface area contributed by atoms with Gasteiger partial charge in [-0.05, 0) is 55.0 Å². The van der Waals surface area contributed by atoms with E-state index in [9.17, 15) is 9.59 Å². The van der Waals surface area contributed by atoms with Gasteiger partial charge in [-0.2, -0.15) is 0 Å². The van der Waals surface area contributed by atoms with E-state index in [0.717, 1.165) is 31.5 Å². The first-order chi connectivity index (χ1) is 14.5. The molecule has 0 aromatic heterocycles. The van der Waals surface area contributed by atoms with Crippen molar-refractivity contribution in [2.24, 2.45) is 5.41 Å². The lowest BCUT2D eigenvalue weighted by Gasteiger charge is -2.40. The van der Waals surface area contributed by atoms with Crippen molar-refractivity contribution in [1.29, 1.82) is 0 Å². The van der Waals surface area contributed by atoms with Gasteiger partial charge in [-0.3, -0.25) is 4.79 Å². The van der Waals surface area contributed by atoms with Crippen molar-refractivity contribution in [3.05, 3.63) is 72.3 Å². The van der Waals surface area contributed by atoms with E-state index in [2.05, 4.69) is 13.5 Å². The first kappa shape index (κ1) is 21.6. The minimum absolute atomic E-state index is 0.0783. The lowest BCUT2D eigenvalue weighted by Crippen LogP contribution is -2.46. The van der Waals surface area contributed by atoms with Gasteiger partial charge >= 0.3 is 5.97 Å². The molecule has 6 nitrogen and oxygen atoms in total. The van der Waals surface area contributed by atoms with Crippen LogP contribution in [0, 0.1) is 5.41 Å². The van der Waals surface area contributed by atoms with E-state index >= 15 is 0 Å². The molecular formula is C24H26O6. The molecule has 0 amide bonds. The second kappa shape index (κ2) is 10.1. The zero-order valence-electron chi connectivity index (χ0n) is 17.1. The Bertz CT molecular complexity index is 860. The third-order valence-corrected chi connectivity index (χ3v) is 5.11. The van der Waals surface area contributed by atoms with Crippen LogP contribution in [0.3, 0.4) is 0 Å². The fourth-order valence-electron chi connectivity index (χ4n) is 2.95. The van der Waals surface area contributed by atoms with Gasteiger partial charge in [0.05, 0.1) is 25.2 Å². The molecule has 6 heteroatoms. The number of hydrogen-bond acceptors (Lipinski definition) is 6. The molecule has 0 radical (unpaired) electrons. The number of esters is 1. The summed E-state index contributed by atoms with van der Waals surface area (Å²) < 4.78 is 21.5. The SMILES string of the molecule is C=CC(=O)OCCOc1ccc(C(=O)c2ccc(OCC3(CC)COC3)cc2)cc1. The zero-order chi connectivity index (χ0) is 21.4. The van der Waals surface area contributed by atoms with Gasteiger partial charge in [0.1, 0.15) is 24.7 Å². The minimum Gasteiger partial charge on any atom is -0.493 e. The summed E-state index contributed by atoms with van der Waals surface area (Å²) >= 11 is 0. The number of benzene rings is 2. The predicted molar refractivity (Wildman–Crippen MR) is 112 cm³/mol. The van der Waals surface area contributed by atoms with Crippen LogP contribution in [0.5, 0.6) is 11.5 Å². The molecule has 0 spiro atoms. The Labute approximate surface area is 176 Å². The Morgan fingerprint density at radius 3 is 2.00 bits per heavy atom. The highest BCUT2D eigenvalue weighted by Gasteiger charge is 2.37. The van der Waals surface area contributed by atoms with Gasteiger partial charge in [0.25, 0.3) is 0 Å². The molecule has 1 heterocycles. The summed E-state index contributed by atoms with van der Waals surface area (Å²) in [5.74, 6) is 0.769. The highest BCUT2D eigenvalue weighted by atomic mass is 16.6. The molecule has 0 aliphatic carbocycles. The van der Waals surface area contributed by atoms with Gasteiger partial charge < -0.3 is 18.9 Å². The van der Waals surface area contributed by atoms with Gasteiger partial charge in [-0.25, -0.2) is 4.79 Å². The van der Waals surface area contributed by atoms with Crippen LogP contribution < -0.4 is 9.47 Å². The van der Waals surface area contributed by atoms with E-state index in [1.165, 1.54) is 0 Å². The van der Waals surface area contributed by atoms with Gasteiger partial charge in [0.15, 0.2) is 5.78 Å². The van der Waals surface area contributed by atoms with Crippen LogP contribution >= 0.6 is 0 Å². The van der Waals surface area contributed by atoms with E-state index in [4.69, 9.17) is 18.9 Å². The van der Waals surface area contributed by atoms with Gasteiger partial charge in [-0.1, -0.05) is 13.5 Å². The van der Waals surface area contributed by atoms with Gasteiger partial charge in [0, 0.05) is 17.2 Å². The van der Waals surface area contributed by atoms with Crippen molar-refractivity contribution in [1.82, 2.24) is 0 Å². The molecule has 1 saturated heterocycles. The number of carbonyl (C=O) groups is 2. The highest BCUT2D eigenvalue weighted by Crippen LogP contribution is 2.32. The molecule has 0 N–H and O–H groups in total. The summed E-state index contributed by atoms with van der Waals surface area (Å²) in [6, 6.07) is 14.0. The Morgan fingerprint density at radius 2 is 1.53 bits per heavy atom. The summed E-state index contributed by atoms with van der Waals surface area (Å²) in [5.41, 5.74) is 1.27. The third kappa shape index (κ3) is 5.48. The standard InChI is InChI=1S/C24H26O6/c1-3-22(25)29-14-13-28-20-9-5-18(6-10-20)23(26)19-7-11-21(12-8-19)30-17-24(4-2)15-27-16-24/h3,5-12H,1,4,13-17H2,2H3. The number of ether oxygens (including phenoxy) is 4. The Balaban J connectivity index is 1.50. The summed E-state index contributed by atoms with van der Waals surface area (Å²) in [7, 11) is 0. The van der Waals surface area contributed by atoms with Crippen LogP contribution in [0.1, 0.15) is 29.3 Å². The van der Waals surface area contributed by atoms with Crippen LogP contribution in [0.4, 0.5) is 0 Å². The first-order valence-corrected chi connectivity index (χ1v) is 9.92. The van der Waals surface area contributed by atoms with Crippen LogP contribution in [0.2, 0.25) is 0 Å². The molecule has 1 aliphatic rings. The van der Waals surface area contributed by atoms with Crippen molar-refractivity contribution in [2.75, 3.05) is 33.0 Å². The molecule has 158 valence electrons. The van der Waals surface area contributed by atoms with Crippen LogP contribution in [0.15, 0.2) is 61.2 Å². The van der Waals surface area contributed by atoms with Gasteiger partial charge in [0.2, 0.25) is 0 Å². The fourth-order valence-corrected chi connectivity index (χ4v) is 2.95. The monoisotopic (exact) mass is 410 g/mol. The summed E-state index contributed by atoms with van der Waals surface area (Å²) in [6.45, 7) is 7.90. The smallest absolute Gasteiger partial charge is 0.330 e. The predicted octanol–water partition coefficient (Wildman–Crippen LogP) is 3.83. The molecular weight excluding hydrogens is 384 g/mol. The van der Waals surface area contributed by atoms with Crippen molar-refractivity contribution < 1.29 is 28.5 Å². The van der Waals surface area contributed by atoms with Crippen LogP contribution in [0.25, 0.3) is 0 Å².